The topological polar surface area (TPSA) is 79.0 Å². The third-order valence-electron chi connectivity index (χ3n) is 3.61. The Morgan fingerprint density at radius 3 is 3.10 bits per heavy atom. The van der Waals surface area contributed by atoms with Crippen LogP contribution in [0.25, 0.3) is 0 Å². The van der Waals surface area contributed by atoms with E-state index < -0.39 is 8.97 Å². The molecule has 3 unspecified atom stereocenters. The lowest BCUT2D eigenvalue weighted by Crippen LogP contribution is -2.62. The van der Waals surface area contributed by atoms with Gasteiger partial charge in [-0.25, -0.2) is 4.57 Å². The minimum atomic E-state index is -3.11. The van der Waals surface area contributed by atoms with E-state index in [2.05, 4.69) is 0 Å². The molecule has 0 aromatic carbocycles. The summed E-state index contributed by atoms with van der Waals surface area (Å²) in [5, 5.41) is 0. The van der Waals surface area contributed by atoms with E-state index >= 15 is 0 Å². The van der Waals surface area contributed by atoms with Gasteiger partial charge >= 0.3 is 14.9 Å². The van der Waals surface area contributed by atoms with Crippen LogP contribution in [-0.4, -0.2) is 72.1 Å². The molecule has 0 aromatic rings. The summed E-state index contributed by atoms with van der Waals surface area (Å²) in [6.45, 7) is 1.84. The van der Waals surface area contributed by atoms with Gasteiger partial charge in [0.15, 0.2) is 6.79 Å². The number of fused-ring (bicyclic) bond motifs is 1. The van der Waals surface area contributed by atoms with Gasteiger partial charge in [0.05, 0.1) is 13.2 Å². The van der Waals surface area contributed by atoms with Crippen molar-refractivity contribution in [3.05, 3.63) is 0 Å². The number of cyclic esters (lactones) is 1. The van der Waals surface area contributed by atoms with E-state index in [1.54, 1.807) is 0 Å². The number of rotatable bonds is 6. The zero-order valence-electron chi connectivity index (χ0n) is 11.4. The van der Waals surface area contributed by atoms with E-state index in [1.165, 1.54) is 7.11 Å². The molecule has 0 saturated carbocycles. The van der Waals surface area contributed by atoms with Crippen molar-refractivity contribution >= 4 is 14.9 Å². The maximum absolute atomic E-state index is 11.8. The molecule has 3 aliphatic heterocycles. The minimum absolute atomic E-state index is 0.0529. The third-order valence-corrected chi connectivity index (χ3v) is 6.33. The molecule has 3 heterocycles. The minimum Gasteiger partial charge on any atom is -0.438 e. The van der Waals surface area contributed by atoms with E-state index in [0.29, 0.717) is 13.2 Å². The highest BCUT2D eigenvalue weighted by atomic mass is 28.4. The molecule has 0 aliphatic carbocycles. The van der Waals surface area contributed by atoms with Crippen LogP contribution < -0.4 is 0 Å². The average Bonchev–Trinajstić information content (AvgIpc) is 3.17. The zero-order valence-corrected chi connectivity index (χ0v) is 12.4. The molecule has 9 heteroatoms. The van der Waals surface area contributed by atoms with Crippen molar-refractivity contribution in [1.29, 1.82) is 0 Å². The van der Waals surface area contributed by atoms with E-state index in [0.717, 1.165) is 19.4 Å². The van der Waals surface area contributed by atoms with Crippen LogP contribution in [0.3, 0.4) is 0 Å². The number of ether oxygens (including phenoxy) is 3. The summed E-state index contributed by atoms with van der Waals surface area (Å²) in [7, 11) is -1.58. The van der Waals surface area contributed by atoms with Crippen molar-refractivity contribution in [2.24, 2.45) is 0 Å². The normalized spacial score (nSPS) is 37.4. The van der Waals surface area contributed by atoms with Gasteiger partial charge in [-0.3, -0.25) is 4.79 Å². The first-order valence-electron chi connectivity index (χ1n) is 6.71. The van der Waals surface area contributed by atoms with Crippen molar-refractivity contribution in [2.45, 2.75) is 25.0 Å². The van der Waals surface area contributed by atoms with Gasteiger partial charge in [0.25, 0.3) is 0 Å². The Balaban J connectivity index is 1.62. The second kappa shape index (κ2) is 6.06. The lowest BCUT2D eigenvalue weighted by Gasteiger charge is -2.33. The molecule has 3 saturated heterocycles. The fourth-order valence-corrected chi connectivity index (χ4v) is 4.87. The highest BCUT2D eigenvalue weighted by Crippen LogP contribution is 2.29. The van der Waals surface area contributed by atoms with Gasteiger partial charge in [-0.05, 0) is 19.4 Å². The van der Waals surface area contributed by atoms with Crippen LogP contribution in [0.15, 0.2) is 0 Å². The number of epoxide rings is 1. The van der Waals surface area contributed by atoms with Crippen LogP contribution in [0.2, 0.25) is 0 Å². The molecule has 0 radical (unpaired) electrons. The second-order valence-electron chi connectivity index (χ2n) is 4.89. The molecule has 0 N–H and O–H groups in total. The van der Waals surface area contributed by atoms with Crippen LogP contribution in [0, 0.1) is 0 Å². The van der Waals surface area contributed by atoms with Crippen molar-refractivity contribution < 1.29 is 32.3 Å². The molecule has 3 fully saturated rings. The molecular formula is C11H19NO7Si. The molecule has 0 spiro atoms. The summed E-state index contributed by atoms with van der Waals surface area (Å²) in [6.07, 6.45) is 1.81. The Kier molecular flexibility index (Phi) is 4.36. The van der Waals surface area contributed by atoms with Crippen molar-refractivity contribution in [1.82, 2.24) is 4.57 Å². The van der Waals surface area contributed by atoms with Crippen LogP contribution in [0.5, 0.6) is 0 Å². The molecule has 0 aromatic heterocycles. The number of hydrogen-bond acceptors (Lipinski definition) is 8. The number of carbonyl (C=O) groups excluding carboxylic acids is 1. The highest BCUT2D eigenvalue weighted by Gasteiger charge is 2.57. The molecule has 0 bridgehead atoms. The third kappa shape index (κ3) is 2.88. The van der Waals surface area contributed by atoms with Gasteiger partial charge in [-0.1, -0.05) is 0 Å². The Morgan fingerprint density at radius 2 is 2.35 bits per heavy atom. The fourth-order valence-electron chi connectivity index (χ4n) is 2.50. The van der Waals surface area contributed by atoms with Crippen molar-refractivity contribution in [3.8, 4) is 0 Å². The van der Waals surface area contributed by atoms with Crippen molar-refractivity contribution in [3.63, 3.8) is 0 Å². The molecule has 3 atom stereocenters. The lowest BCUT2D eigenvalue weighted by atomic mass is 10.2. The predicted octanol–water partition coefficient (Wildman–Crippen LogP) is -0.547. The Labute approximate surface area is 118 Å². The zero-order chi connectivity index (χ0) is 14.0. The van der Waals surface area contributed by atoms with E-state index in [4.69, 9.17) is 27.5 Å². The van der Waals surface area contributed by atoms with Crippen LogP contribution in [0.4, 0.5) is 0 Å². The van der Waals surface area contributed by atoms with Gasteiger partial charge in [0, 0.05) is 7.11 Å². The summed E-state index contributed by atoms with van der Waals surface area (Å²) in [5.41, 5.74) is 0. The van der Waals surface area contributed by atoms with Gasteiger partial charge in [0.2, 0.25) is 0 Å². The number of esters is 1. The number of nitrogens with zero attached hydrogens (tertiary/aromatic N) is 1. The van der Waals surface area contributed by atoms with Crippen LogP contribution >= 0.6 is 0 Å². The monoisotopic (exact) mass is 305 g/mol. The standard InChI is InChI=1S/C11H19NO7Si/c1-14-20(18-7-15-5-9-6-16-9)12-4-2-3-10(12)11(13)17-8-19-20/h9-10H,2-8H2,1H3. The fraction of sp³-hybridized carbons (Fsp3) is 0.909. The first-order chi connectivity index (χ1) is 9.75. The van der Waals surface area contributed by atoms with Gasteiger partial charge < -0.3 is 27.5 Å². The summed E-state index contributed by atoms with van der Waals surface area (Å²) in [4.78, 5) is 11.8. The van der Waals surface area contributed by atoms with Crippen molar-refractivity contribution in [2.75, 3.05) is 40.5 Å². The molecule has 3 rings (SSSR count). The van der Waals surface area contributed by atoms with E-state index in [-0.39, 0.29) is 31.7 Å². The molecular weight excluding hydrogens is 286 g/mol. The predicted molar refractivity (Wildman–Crippen MR) is 66.2 cm³/mol. The molecule has 20 heavy (non-hydrogen) atoms. The van der Waals surface area contributed by atoms with Crippen LogP contribution in [-0.2, 0) is 32.3 Å². The first kappa shape index (κ1) is 14.4. The van der Waals surface area contributed by atoms with E-state index in [9.17, 15) is 4.79 Å². The summed E-state index contributed by atoms with van der Waals surface area (Å²) in [5.74, 6) is -0.273. The quantitative estimate of drug-likeness (QED) is 0.213. The summed E-state index contributed by atoms with van der Waals surface area (Å²) < 4.78 is 34.2. The maximum atomic E-state index is 11.8. The van der Waals surface area contributed by atoms with E-state index in [1.807, 2.05) is 4.57 Å². The molecule has 0 amide bonds. The first-order valence-corrected chi connectivity index (χ1v) is 8.38. The Bertz CT molecular complexity index is 367. The second-order valence-corrected chi connectivity index (χ2v) is 7.50. The van der Waals surface area contributed by atoms with Gasteiger partial charge in [-0.2, -0.15) is 0 Å². The highest BCUT2D eigenvalue weighted by molar-refractivity contribution is 6.58. The van der Waals surface area contributed by atoms with Gasteiger partial charge in [-0.15, -0.1) is 0 Å². The van der Waals surface area contributed by atoms with Gasteiger partial charge in [0.1, 0.15) is 18.9 Å². The maximum Gasteiger partial charge on any atom is 0.604 e. The summed E-state index contributed by atoms with van der Waals surface area (Å²) in [6, 6.07) is -0.337. The number of hydrogen-bond donors (Lipinski definition) is 0. The Hall–Kier alpha value is -0.553. The lowest BCUT2D eigenvalue weighted by molar-refractivity contribution is -0.152. The molecule has 3 aliphatic rings. The average molecular weight is 305 g/mol. The van der Waals surface area contributed by atoms with Crippen LogP contribution in [0.1, 0.15) is 12.8 Å². The smallest absolute Gasteiger partial charge is 0.438 e. The molecule has 8 nitrogen and oxygen atoms in total. The Morgan fingerprint density at radius 1 is 1.50 bits per heavy atom. The largest absolute Gasteiger partial charge is 0.604 e. The SMILES string of the molecule is CO[Si]1(OCOCC2CO2)OCOC(=O)C2CCCN21. The number of carbonyl (C=O) groups is 1. The summed E-state index contributed by atoms with van der Waals surface area (Å²) >= 11 is 0. The molecule has 114 valence electrons.